The summed E-state index contributed by atoms with van der Waals surface area (Å²) in [4.78, 5) is 26.0. The zero-order chi connectivity index (χ0) is 20.4. The van der Waals surface area contributed by atoms with E-state index in [4.69, 9.17) is 4.74 Å². The molecule has 144 valence electrons. The third-order valence-corrected chi connectivity index (χ3v) is 4.58. The van der Waals surface area contributed by atoms with E-state index >= 15 is 0 Å². The first-order valence-corrected chi connectivity index (χ1v) is 8.94. The lowest BCUT2D eigenvalue weighted by atomic mass is 10.0. The van der Waals surface area contributed by atoms with E-state index in [2.05, 4.69) is 4.98 Å². The van der Waals surface area contributed by atoms with Crippen molar-refractivity contribution >= 4 is 22.8 Å². The lowest BCUT2D eigenvalue weighted by Gasteiger charge is -2.08. The molecule has 29 heavy (non-hydrogen) atoms. The van der Waals surface area contributed by atoms with Crippen molar-refractivity contribution in [3.05, 3.63) is 83.9 Å². The molecule has 1 heterocycles. The number of ether oxygens (including phenoxy) is 1. The van der Waals surface area contributed by atoms with Crippen LogP contribution in [-0.2, 0) is 11.2 Å². The van der Waals surface area contributed by atoms with Crippen LogP contribution in [0, 0.1) is 0 Å². The molecule has 4 rings (SSSR count). The second-order valence-electron chi connectivity index (χ2n) is 6.56. The average Bonchev–Trinajstić information content (AvgIpc) is 3.06. The van der Waals surface area contributed by atoms with Crippen LogP contribution in [0.4, 0.5) is 0 Å². The first-order valence-electron chi connectivity index (χ1n) is 8.94. The molecular formula is C23H17NO5. The predicted molar refractivity (Wildman–Crippen MR) is 109 cm³/mol. The average molecular weight is 387 g/mol. The summed E-state index contributed by atoms with van der Waals surface area (Å²) in [5.41, 5.74) is 2.70. The van der Waals surface area contributed by atoms with Gasteiger partial charge in [0.15, 0.2) is 0 Å². The van der Waals surface area contributed by atoms with Crippen molar-refractivity contribution in [2.45, 2.75) is 6.42 Å². The number of aromatic amines is 1. The molecule has 0 saturated carbocycles. The molecule has 0 spiro atoms. The van der Waals surface area contributed by atoms with Gasteiger partial charge in [0.1, 0.15) is 11.5 Å². The van der Waals surface area contributed by atoms with Crippen LogP contribution in [0.1, 0.15) is 15.9 Å². The van der Waals surface area contributed by atoms with E-state index in [-0.39, 0.29) is 12.0 Å². The summed E-state index contributed by atoms with van der Waals surface area (Å²) >= 11 is 0. The van der Waals surface area contributed by atoms with Gasteiger partial charge in [0.2, 0.25) is 0 Å². The van der Waals surface area contributed by atoms with Crippen LogP contribution in [0.3, 0.4) is 0 Å². The number of nitrogens with one attached hydrogen (secondary N) is 1. The van der Waals surface area contributed by atoms with Crippen LogP contribution in [0.5, 0.6) is 11.5 Å². The number of aromatic carboxylic acids is 1. The minimum Gasteiger partial charge on any atom is -0.481 e. The highest BCUT2D eigenvalue weighted by atomic mass is 16.5. The Morgan fingerprint density at radius 1 is 0.862 bits per heavy atom. The van der Waals surface area contributed by atoms with E-state index < -0.39 is 11.9 Å². The molecule has 0 atom stereocenters. The third-order valence-electron chi connectivity index (χ3n) is 4.58. The number of aromatic nitrogens is 1. The second-order valence-corrected chi connectivity index (χ2v) is 6.56. The number of benzene rings is 3. The minimum atomic E-state index is -1.06. The van der Waals surface area contributed by atoms with Crippen LogP contribution in [0.15, 0.2) is 72.8 Å². The number of carboxylic acids is 2. The van der Waals surface area contributed by atoms with E-state index in [1.54, 1.807) is 6.07 Å². The van der Waals surface area contributed by atoms with E-state index in [1.807, 2.05) is 54.6 Å². The standard InChI is InChI=1S/C23H17NO5/c25-21(26)13-19-18-12-15(23(27)28)9-10-20(18)24-22(19)14-5-4-8-17(11-14)29-16-6-2-1-3-7-16/h1-12,24H,13H2,(H,25,26)(H,27,28). The largest absolute Gasteiger partial charge is 0.481 e. The van der Waals surface area contributed by atoms with E-state index in [1.165, 1.54) is 12.1 Å². The quantitative estimate of drug-likeness (QED) is 0.435. The van der Waals surface area contributed by atoms with Crippen LogP contribution < -0.4 is 4.74 Å². The molecule has 0 bridgehead atoms. The molecule has 0 amide bonds. The Morgan fingerprint density at radius 3 is 2.34 bits per heavy atom. The maximum atomic E-state index is 11.5. The fourth-order valence-electron chi connectivity index (χ4n) is 3.30. The van der Waals surface area contributed by atoms with Gasteiger partial charge in [-0.15, -0.1) is 0 Å². The topological polar surface area (TPSA) is 99.6 Å². The molecule has 0 aliphatic rings. The molecule has 6 nitrogen and oxygen atoms in total. The van der Waals surface area contributed by atoms with Gasteiger partial charge >= 0.3 is 11.9 Å². The number of hydrogen-bond donors (Lipinski definition) is 3. The lowest BCUT2D eigenvalue weighted by Crippen LogP contribution is -2.01. The highest BCUT2D eigenvalue weighted by Crippen LogP contribution is 2.34. The van der Waals surface area contributed by atoms with Gasteiger partial charge in [-0.05, 0) is 48.0 Å². The first kappa shape index (κ1) is 18.3. The molecule has 0 unspecified atom stereocenters. The van der Waals surface area contributed by atoms with Gasteiger partial charge in [-0.25, -0.2) is 4.79 Å². The Kier molecular flexibility index (Phi) is 4.75. The first-order chi connectivity index (χ1) is 14.0. The minimum absolute atomic E-state index is 0.107. The fraction of sp³-hybridized carbons (Fsp3) is 0.0435. The van der Waals surface area contributed by atoms with Crippen LogP contribution in [-0.4, -0.2) is 27.1 Å². The molecule has 0 fully saturated rings. The smallest absolute Gasteiger partial charge is 0.335 e. The molecule has 0 aliphatic heterocycles. The van der Waals surface area contributed by atoms with Gasteiger partial charge in [0.05, 0.1) is 17.7 Å². The van der Waals surface area contributed by atoms with E-state index in [9.17, 15) is 19.8 Å². The van der Waals surface area contributed by atoms with Crippen molar-refractivity contribution in [3.63, 3.8) is 0 Å². The van der Waals surface area contributed by atoms with Crippen LogP contribution >= 0.6 is 0 Å². The van der Waals surface area contributed by atoms with Crippen molar-refractivity contribution in [2.75, 3.05) is 0 Å². The Balaban J connectivity index is 1.81. The zero-order valence-electron chi connectivity index (χ0n) is 15.3. The predicted octanol–water partition coefficient (Wildman–Crippen LogP) is 4.95. The number of para-hydroxylation sites is 1. The highest BCUT2D eigenvalue weighted by molar-refractivity contribution is 5.99. The molecular weight excluding hydrogens is 370 g/mol. The van der Waals surface area contributed by atoms with Crippen molar-refractivity contribution < 1.29 is 24.5 Å². The van der Waals surface area contributed by atoms with Crippen LogP contribution in [0.25, 0.3) is 22.2 Å². The summed E-state index contributed by atoms with van der Waals surface area (Å²) < 4.78 is 5.88. The molecule has 6 heteroatoms. The van der Waals surface area contributed by atoms with Gasteiger partial charge in [-0.3, -0.25) is 4.79 Å². The summed E-state index contributed by atoms with van der Waals surface area (Å²) in [6.45, 7) is 0. The number of rotatable bonds is 6. The van der Waals surface area contributed by atoms with Crippen molar-refractivity contribution in [1.29, 1.82) is 0 Å². The third kappa shape index (κ3) is 3.82. The number of aliphatic carboxylic acids is 1. The van der Waals surface area contributed by atoms with Gasteiger partial charge in [0.25, 0.3) is 0 Å². The summed E-state index contributed by atoms with van der Waals surface area (Å²) in [5.74, 6) is -0.753. The summed E-state index contributed by atoms with van der Waals surface area (Å²) in [7, 11) is 0. The number of hydrogen-bond acceptors (Lipinski definition) is 3. The van der Waals surface area contributed by atoms with E-state index in [0.717, 1.165) is 5.56 Å². The second kappa shape index (κ2) is 7.52. The van der Waals surface area contributed by atoms with Crippen molar-refractivity contribution in [1.82, 2.24) is 4.98 Å². The molecule has 3 N–H and O–H groups in total. The Bertz CT molecular complexity index is 1210. The monoisotopic (exact) mass is 387 g/mol. The highest BCUT2D eigenvalue weighted by Gasteiger charge is 2.18. The van der Waals surface area contributed by atoms with Crippen molar-refractivity contribution in [3.8, 4) is 22.8 Å². The fourth-order valence-corrected chi connectivity index (χ4v) is 3.30. The lowest BCUT2D eigenvalue weighted by molar-refractivity contribution is -0.136. The summed E-state index contributed by atoms with van der Waals surface area (Å²) in [6, 6.07) is 21.3. The zero-order valence-corrected chi connectivity index (χ0v) is 15.3. The molecule has 1 aromatic heterocycles. The Labute approximate surface area is 166 Å². The Hall–Kier alpha value is -4.06. The molecule has 0 aliphatic carbocycles. The number of H-pyrrole nitrogens is 1. The van der Waals surface area contributed by atoms with Gasteiger partial charge in [0, 0.05) is 16.5 Å². The summed E-state index contributed by atoms with van der Waals surface area (Å²) in [6.07, 6.45) is -0.234. The number of carbonyl (C=O) groups is 2. The maximum absolute atomic E-state index is 11.5. The van der Waals surface area contributed by atoms with Gasteiger partial charge < -0.3 is 19.9 Å². The molecule has 0 radical (unpaired) electrons. The van der Waals surface area contributed by atoms with E-state index in [0.29, 0.717) is 33.7 Å². The summed E-state index contributed by atoms with van der Waals surface area (Å²) in [5, 5.41) is 19.2. The van der Waals surface area contributed by atoms with Gasteiger partial charge in [-0.2, -0.15) is 0 Å². The van der Waals surface area contributed by atoms with Gasteiger partial charge in [-0.1, -0.05) is 30.3 Å². The normalized spacial score (nSPS) is 10.8. The molecule has 0 saturated heterocycles. The molecule has 4 aromatic rings. The van der Waals surface area contributed by atoms with Crippen molar-refractivity contribution in [2.24, 2.45) is 0 Å². The van der Waals surface area contributed by atoms with Crippen LogP contribution in [0.2, 0.25) is 0 Å². The maximum Gasteiger partial charge on any atom is 0.335 e. The number of carboxylic acid groups (broad SMARTS) is 2. The molecule has 3 aromatic carbocycles. The Morgan fingerprint density at radius 2 is 1.62 bits per heavy atom. The number of fused-ring (bicyclic) bond motifs is 1. The SMILES string of the molecule is O=C(O)Cc1c(-c2cccc(Oc3ccccc3)c2)[nH]c2ccc(C(=O)O)cc12.